The van der Waals surface area contributed by atoms with E-state index in [1.807, 2.05) is 59.2 Å². The van der Waals surface area contributed by atoms with E-state index in [1.165, 1.54) is 11.8 Å². The third-order valence-electron chi connectivity index (χ3n) is 5.43. The smallest absolute Gasteiger partial charge is 0.248 e. The molecule has 0 radical (unpaired) electrons. The van der Waals surface area contributed by atoms with Gasteiger partial charge < -0.3 is 25.1 Å². The van der Waals surface area contributed by atoms with E-state index in [4.69, 9.17) is 15.2 Å². The van der Waals surface area contributed by atoms with Gasteiger partial charge in [0.05, 0.1) is 12.4 Å². The molecule has 0 spiro atoms. The molecular weight excluding hydrogens is 490 g/mol. The van der Waals surface area contributed by atoms with Crippen molar-refractivity contribution in [2.75, 3.05) is 24.8 Å². The van der Waals surface area contributed by atoms with Gasteiger partial charge in [-0.1, -0.05) is 60.3 Å². The van der Waals surface area contributed by atoms with Crippen molar-refractivity contribution in [1.82, 2.24) is 14.8 Å². The number of hydrogen-bond acceptors (Lipinski definition) is 7. The van der Waals surface area contributed by atoms with Crippen molar-refractivity contribution in [1.29, 1.82) is 0 Å². The molecule has 0 aliphatic carbocycles. The number of rotatable bonds is 12. The maximum absolute atomic E-state index is 12.5. The number of hydrogen-bond donors (Lipinski definition) is 2. The van der Waals surface area contributed by atoms with Gasteiger partial charge in [0.2, 0.25) is 11.8 Å². The first kappa shape index (κ1) is 25.9. The summed E-state index contributed by atoms with van der Waals surface area (Å²) < 4.78 is 13.3. The molecule has 1 aromatic heterocycles. The second-order valence-corrected chi connectivity index (χ2v) is 8.92. The summed E-state index contributed by atoms with van der Waals surface area (Å²) in [6.45, 7) is 1.18. The fraction of sp³-hybridized carbons (Fsp3) is 0.185. The Morgan fingerprint density at radius 1 is 0.973 bits per heavy atom. The van der Waals surface area contributed by atoms with Gasteiger partial charge in [0.1, 0.15) is 12.4 Å². The minimum atomic E-state index is -0.521. The predicted molar refractivity (Wildman–Crippen MR) is 142 cm³/mol. The summed E-state index contributed by atoms with van der Waals surface area (Å²) in [5.74, 6) is 0.760. The van der Waals surface area contributed by atoms with Gasteiger partial charge in [0, 0.05) is 30.5 Å². The number of nitrogens with one attached hydrogen (secondary N) is 1. The van der Waals surface area contributed by atoms with Gasteiger partial charge in [-0.15, -0.1) is 10.2 Å². The molecule has 0 aliphatic heterocycles. The average Bonchev–Trinajstić information content (AvgIpc) is 3.32. The van der Waals surface area contributed by atoms with Crippen LogP contribution >= 0.6 is 11.8 Å². The molecule has 0 saturated heterocycles. The van der Waals surface area contributed by atoms with E-state index in [1.54, 1.807) is 31.4 Å². The number of para-hydroxylation sites is 1. The Balaban J connectivity index is 1.41. The lowest BCUT2D eigenvalue weighted by Crippen LogP contribution is -2.16. The summed E-state index contributed by atoms with van der Waals surface area (Å²) in [4.78, 5) is 23.7. The number of carbonyl (C=O) groups excluding carboxylic acids is 2. The molecule has 0 atom stereocenters. The lowest BCUT2D eigenvalue weighted by molar-refractivity contribution is -0.113. The monoisotopic (exact) mass is 517 g/mol. The maximum Gasteiger partial charge on any atom is 0.248 e. The van der Waals surface area contributed by atoms with E-state index in [-0.39, 0.29) is 18.3 Å². The molecule has 0 saturated carbocycles. The Morgan fingerprint density at radius 2 is 1.70 bits per heavy atom. The molecule has 3 aromatic carbocycles. The van der Waals surface area contributed by atoms with Crippen LogP contribution in [0.2, 0.25) is 0 Å². The topological polar surface area (TPSA) is 121 Å². The lowest BCUT2D eigenvalue weighted by Gasteiger charge is -2.13. The summed E-state index contributed by atoms with van der Waals surface area (Å²) in [7, 11) is 1.63. The molecule has 0 aliphatic rings. The zero-order valence-electron chi connectivity index (χ0n) is 20.3. The number of primary amides is 1. The number of amides is 2. The zero-order valence-corrected chi connectivity index (χ0v) is 21.1. The van der Waals surface area contributed by atoms with Crippen molar-refractivity contribution < 1.29 is 19.1 Å². The lowest BCUT2D eigenvalue weighted by atomic mass is 10.1. The second-order valence-electron chi connectivity index (χ2n) is 7.97. The standard InChI is InChI=1S/C27H27N5O4S/c1-35-16-15-32-24(17-36-23-10-6-5-9-22(23)19-7-3-2-4-8-19)30-31-27(32)37-18-25(33)29-21-13-11-20(12-14-21)26(28)34/h2-14H,15-18H2,1H3,(H2,28,34)(H,29,33). The summed E-state index contributed by atoms with van der Waals surface area (Å²) in [5, 5.41) is 12.0. The first-order valence-corrected chi connectivity index (χ1v) is 12.5. The molecule has 9 nitrogen and oxygen atoms in total. The molecule has 0 unspecified atom stereocenters. The van der Waals surface area contributed by atoms with Crippen LogP contribution in [0, 0.1) is 0 Å². The zero-order chi connectivity index (χ0) is 26.0. The number of aromatic nitrogens is 3. The first-order chi connectivity index (χ1) is 18.0. The highest BCUT2D eigenvalue weighted by Gasteiger charge is 2.16. The Kier molecular flexibility index (Phi) is 8.90. The van der Waals surface area contributed by atoms with Gasteiger partial charge in [-0.25, -0.2) is 0 Å². The Bertz CT molecular complexity index is 1340. The number of ether oxygens (including phenoxy) is 2. The summed E-state index contributed by atoms with van der Waals surface area (Å²) >= 11 is 1.27. The molecule has 0 fully saturated rings. The molecule has 2 amide bonds. The number of nitrogens with two attached hydrogens (primary N) is 1. The van der Waals surface area contributed by atoms with Gasteiger partial charge in [0.15, 0.2) is 11.0 Å². The minimum Gasteiger partial charge on any atom is -0.485 e. The summed E-state index contributed by atoms with van der Waals surface area (Å²) in [5.41, 5.74) is 8.25. The van der Waals surface area contributed by atoms with Gasteiger partial charge in [0.25, 0.3) is 0 Å². The largest absolute Gasteiger partial charge is 0.485 e. The van der Waals surface area contributed by atoms with E-state index in [0.29, 0.717) is 35.4 Å². The number of methoxy groups -OCH3 is 1. The molecule has 0 bridgehead atoms. The third-order valence-corrected chi connectivity index (χ3v) is 6.39. The highest BCUT2D eigenvalue weighted by atomic mass is 32.2. The molecule has 4 aromatic rings. The van der Waals surface area contributed by atoms with Crippen molar-refractivity contribution in [3.05, 3.63) is 90.3 Å². The van der Waals surface area contributed by atoms with Crippen molar-refractivity contribution in [3.63, 3.8) is 0 Å². The number of benzene rings is 3. The van der Waals surface area contributed by atoms with Crippen molar-refractivity contribution in [2.45, 2.75) is 18.3 Å². The van der Waals surface area contributed by atoms with E-state index >= 15 is 0 Å². The Morgan fingerprint density at radius 3 is 2.43 bits per heavy atom. The summed E-state index contributed by atoms with van der Waals surface area (Å²) in [6.07, 6.45) is 0. The van der Waals surface area contributed by atoms with Crippen molar-refractivity contribution >= 4 is 29.3 Å². The number of thioether (sulfide) groups is 1. The number of nitrogens with zero attached hydrogens (tertiary/aromatic N) is 3. The highest BCUT2D eigenvalue weighted by Crippen LogP contribution is 2.30. The SMILES string of the molecule is COCCn1c(COc2ccccc2-c2ccccc2)nnc1SCC(=O)Nc1ccc(C(N)=O)cc1. The van der Waals surface area contributed by atoms with Crippen LogP contribution in [0.5, 0.6) is 5.75 Å². The Labute approximate surface area is 219 Å². The fourth-order valence-electron chi connectivity index (χ4n) is 3.58. The van der Waals surface area contributed by atoms with E-state index in [0.717, 1.165) is 16.9 Å². The molecule has 4 rings (SSSR count). The second kappa shape index (κ2) is 12.7. The average molecular weight is 518 g/mol. The maximum atomic E-state index is 12.5. The number of anilines is 1. The van der Waals surface area contributed by atoms with Crippen LogP contribution in [0.4, 0.5) is 5.69 Å². The quantitative estimate of drug-likeness (QED) is 0.272. The van der Waals surface area contributed by atoms with Gasteiger partial charge >= 0.3 is 0 Å². The normalized spacial score (nSPS) is 10.7. The molecule has 3 N–H and O–H groups in total. The van der Waals surface area contributed by atoms with E-state index in [2.05, 4.69) is 15.5 Å². The number of carbonyl (C=O) groups is 2. The van der Waals surface area contributed by atoms with E-state index < -0.39 is 5.91 Å². The first-order valence-electron chi connectivity index (χ1n) is 11.6. The van der Waals surface area contributed by atoms with Crippen LogP contribution in [0.3, 0.4) is 0 Å². The molecule has 190 valence electrons. The molecule has 1 heterocycles. The fourth-order valence-corrected chi connectivity index (χ4v) is 4.36. The molecule has 10 heteroatoms. The predicted octanol–water partition coefficient (Wildman–Crippen LogP) is 4.00. The highest BCUT2D eigenvalue weighted by molar-refractivity contribution is 7.99. The van der Waals surface area contributed by atoms with Crippen LogP contribution < -0.4 is 15.8 Å². The van der Waals surface area contributed by atoms with Gasteiger partial charge in [-0.3, -0.25) is 9.59 Å². The van der Waals surface area contributed by atoms with Crippen LogP contribution in [-0.4, -0.2) is 46.0 Å². The molecular formula is C27H27N5O4S. The van der Waals surface area contributed by atoms with Gasteiger partial charge in [-0.2, -0.15) is 0 Å². The minimum absolute atomic E-state index is 0.125. The molecule has 37 heavy (non-hydrogen) atoms. The van der Waals surface area contributed by atoms with Crippen LogP contribution in [0.25, 0.3) is 11.1 Å². The van der Waals surface area contributed by atoms with Crippen LogP contribution in [-0.2, 0) is 22.7 Å². The van der Waals surface area contributed by atoms with Gasteiger partial charge in [-0.05, 0) is 35.9 Å². The van der Waals surface area contributed by atoms with Crippen molar-refractivity contribution in [2.24, 2.45) is 5.73 Å². The summed E-state index contributed by atoms with van der Waals surface area (Å²) in [6, 6.07) is 24.3. The van der Waals surface area contributed by atoms with Crippen LogP contribution in [0.1, 0.15) is 16.2 Å². The third kappa shape index (κ3) is 6.96. The van der Waals surface area contributed by atoms with E-state index in [9.17, 15) is 9.59 Å². The van der Waals surface area contributed by atoms with Crippen molar-refractivity contribution in [3.8, 4) is 16.9 Å². The van der Waals surface area contributed by atoms with Crippen LogP contribution in [0.15, 0.2) is 84.0 Å². The Hall–Kier alpha value is -4.15.